The minimum atomic E-state index is -0.527. The molecule has 0 radical (unpaired) electrons. The number of carbonyl (C=O) groups excluding carboxylic acids is 1. The van der Waals surface area contributed by atoms with E-state index in [0.717, 1.165) is 18.4 Å². The predicted molar refractivity (Wildman–Crippen MR) is 74.7 cm³/mol. The second kappa shape index (κ2) is 6.06. The Morgan fingerprint density at radius 1 is 1.42 bits per heavy atom. The van der Waals surface area contributed by atoms with E-state index < -0.39 is 6.04 Å². The van der Waals surface area contributed by atoms with Gasteiger partial charge in [-0.1, -0.05) is 19.1 Å². The van der Waals surface area contributed by atoms with Crippen molar-refractivity contribution in [2.45, 2.75) is 44.7 Å². The molecule has 1 aliphatic rings. The fraction of sp³-hybridized carbons (Fsp3) is 0.533. The zero-order chi connectivity index (χ0) is 13.8. The first-order chi connectivity index (χ1) is 9.04. The molecule has 0 saturated heterocycles. The summed E-state index contributed by atoms with van der Waals surface area (Å²) in [6.45, 7) is 2.21. The van der Waals surface area contributed by atoms with Gasteiger partial charge in [-0.25, -0.2) is 0 Å². The Morgan fingerprint density at radius 2 is 2.11 bits per heavy atom. The van der Waals surface area contributed by atoms with Crippen molar-refractivity contribution in [3.63, 3.8) is 0 Å². The van der Waals surface area contributed by atoms with Crippen molar-refractivity contribution in [3.05, 3.63) is 29.8 Å². The van der Waals surface area contributed by atoms with Gasteiger partial charge in [0.25, 0.3) is 0 Å². The van der Waals surface area contributed by atoms with E-state index in [9.17, 15) is 9.90 Å². The fourth-order valence-electron chi connectivity index (χ4n) is 2.63. The number of aromatic hydroxyl groups is 1. The van der Waals surface area contributed by atoms with Crippen LogP contribution in [0.15, 0.2) is 24.3 Å². The molecule has 1 aliphatic carbocycles. The average Bonchev–Trinajstić information content (AvgIpc) is 2.77. The minimum absolute atomic E-state index is 0.0767. The lowest BCUT2D eigenvalue weighted by atomic mass is 10.1. The quantitative estimate of drug-likeness (QED) is 0.771. The second-order valence-electron chi connectivity index (χ2n) is 5.60. The van der Waals surface area contributed by atoms with Gasteiger partial charge in [0.15, 0.2) is 0 Å². The average molecular weight is 262 g/mol. The van der Waals surface area contributed by atoms with Gasteiger partial charge in [-0.15, -0.1) is 0 Å². The van der Waals surface area contributed by atoms with Crippen molar-refractivity contribution in [2.24, 2.45) is 11.7 Å². The molecule has 0 aromatic heterocycles. The van der Waals surface area contributed by atoms with Gasteiger partial charge in [-0.3, -0.25) is 4.79 Å². The fourth-order valence-corrected chi connectivity index (χ4v) is 2.63. The first-order valence-corrected chi connectivity index (χ1v) is 6.88. The lowest BCUT2D eigenvalue weighted by Gasteiger charge is -2.17. The monoisotopic (exact) mass is 262 g/mol. The molecule has 1 aromatic carbocycles. The van der Waals surface area contributed by atoms with E-state index in [0.29, 0.717) is 12.3 Å². The summed E-state index contributed by atoms with van der Waals surface area (Å²) in [6.07, 6.45) is 3.78. The molecule has 1 amide bonds. The summed E-state index contributed by atoms with van der Waals surface area (Å²) in [6, 6.07) is 6.56. The van der Waals surface area contributed by atoms with Crippen LogP contribution in [-0.4, -0.2) is 23.1 Å². The topological polar surface area (TPSA) is 75.4 Å². The highest BCUT2D eigenvalue weighted by atomic mass is 16.3. The molecule has 3 atom stereocenters. The van der Waals surface area contributed by atoms with Crippen LogP contribution in [0.4, 0.5) is 0 Å². The van der Waals surface area contributed by atoms with Crippen LogP contribution in [0.5, 0.6) is 5.75 Å². The van der Waals surface area contributed by atoms with Crippen LogP contribution >= 0.6 is 0 Å². The summed E-state index contributed by atoms with van der Waals surface area (Å²) in [5.41, 5.74) is 6.88. The molecule has 0 spiro atoms. The molecule has 2 rings (SSSR count). The number of carbonyl (C=O) groups is 1. The highest BCUT2D eigenvalue weighted by Gasteiger charge is 2.24. The zero-order valence-electron chi connectivity index (χ0n) is 11.3. The lowest BCUT2D eigenvalue weighted by Crippen LogP contribution is -2.45. The summed E-state index contributed by atoms with van der Waals surface area (Å²) in [7, 11) is 0. The maximum atomic E-state index is 12.0. The third-order valence-corrected chi connectivity index (χ3v) is 3.77. The molecule has 4 nitrogen and oxygen atoms in total. The maximum Gasteiger partial charge on any atom is 0.237 e. The number of phenolic OH excluding ortho intramolecular Hbond substituents is 1. The van der Waals surface area contributed by atoms with Crippen LogP contribution in [0, 0.1) is 5.92 Å². The summed E-state index contributed by atoms with van der Waals surface area (Å²) in [5.74, 6) is 0.840. The number of rotatable bonds is 4. The summed E-state index contributed by atoms with van der Waals surface area (Å²) in [5, 5.41) is 12.2. The van der Waals surface area contributed by atoms with Crippen molar-refractivity contribution in [1.82, 2.24) is 5.32 Å². The van der Waals surface area contributed by atoms with Crippen LogP contribution in [0.25, 0.3) is 0 Å². The maximum absolute atomic E-state index is 12.0. The Balaban J connectivity index is 1.83. The Kier molecular flexibility index (Phi) is 4.43. The Morgan fingerprint density at radius 3 is 2.68 bits per heavy atom. The predicted octanol–water partition coefficient (Wildman–Crippen LogP) is 1.57. The molecule has 1 aromatic rings. The molecule has 19 heavy (non-hydrogen) atoms. The molecule has 1 fully saturated rings. The third-order valence-electron chi connectivity index (χ3n) is 3.77. The Hall–Kier alpha value is -1.55. The van der Waals surface area contributed by atoms with E-state index in [-0.39, 0.29) is 17.7 Å². The van der Waals surface area contributed by atoms with E-state index in [1.54, 1.807) is 24.3 Å². The minimum Gasteiger partial charge on any atom is -0.508 e. The van der Waals surface area contributed by atoms with Crippen LogP contribution in [0.2, 0.25) is 0 Å². The second-order valence-corrected chi connectivity index (χ2v) is 5.60. The molecule has 1 saturated carbocycles. The number of nitrogens with one attached hydrogen (secondary N) is 1. The van der Waals surface area contributed by atoms with Gasteiger partial charge < -0.3 is 16.2 Å². The van der Waals surface area contributed by atoms with Gasteiger partial charge in [0, 0.05) is 6.04 Å². The normalized spacial score (nSPS) is 24.1. The third kappa shape index (κ3) is 3.96. The van der Waals surface area contributed by atoms with Crippen molar-refractivity contribution in [3.8, 4) is 5.75 Å². The molecular formula is C15H22N2O2. The number of hydrogen-bond donors (Lipinski definition) is 3. The Labute approximate surface area is 114 Å². The van der Waals surface area contributed by atoms with Crippen molar-refractivity contribution >= 4 is 5.91 Å². The summed E-state index contributed by atoms with van der Waals surface area (Å²) < 4.78 is 0. The van der Waals surface area contributed by atoms with E-state index in [1.807, 2.05) is 0 Å². The van der Waals surface area contributed by atoms with Gasteiger partial charge in [-0.05, 0) is 49.3 Å². The largest absolute Gasteiger partial charge is 0.508 e. The number of benzene rings is 1. The first kappa shape index (κ1) is 13.9. The van der Waals surface area contributed by atoms with Crippen molar-refractivity contribution in [2.75, 3.05) is 0 Å². The smallest absolute Gasteiger partial charge is 0.237 e. The standard InChI is InChI=1S/C15H22N2O2/c1-10-2-5-12(8-10)17-15(19)14(16)9-11-3-6-13(18)7-4-11/h3-4,6-7,10,12,14,18H,2,5,8-9,16H2,1H3,(H,17,19). The highest BCUT2D eigenvalue weighted by molar-refractivity contribution is 5.82. The van der Waals surface area contributed by atoms with E-state index in [4.69, 9.17) is 5.73 Å². The SMILES string of the molecule is CC1CCC(NC(=O)C(N)Cc2ccc(O)cc2)C1. The van der Waals surface area contributed by atoms with E-state index in [2.05, 4.69) is 12.2 Å². The molecular weight excluding hydrogens is 240 g/mol. The number of phenols is 1. The van der Waals surface area contributed by atoms with E-state index >= 15 is 0 Å². The van der Waals surface area contributed by atoms with E-state index in [1.165, 1.54) is 6.42 Å². The van der Waals surface area contributed by atoms with Crippen molar-refractivity contribution in [1.29, 1.82) is 0 Å². The van der Waals surface area contributed by atoms with Crippen LogP contribution in [0.3, 0.4) is 0 Å². The molecule has 0 aliphatic heterocycles. The molecule has 0 bridgehead atoms. The zero-order valence-corrected chi connectivity index (χ0v) is 11.3. The number of amides is 1. The summed E-state index contributed by atoms with van der Waals surface area (Å²) >= 11 is 0. The molecule has 0 heterocycles. The number of nitrogens with two attached hydrogens (primary N) is 1. The molecule has 3 unspecified atom stereocenters. The van der Waals surface area contributed by atoms with Gasteiger partial charge in [-0.2, -0.15) is 0 Å². The molecule has 4 heteroatoms. The van der Waals surface area contributed by atoms with Gasteiger partial charge in [0.05, 0.1) is 6.04 Å². The van der Waals surface area contributed by atoms with Crippen molar-refractivity contribution < 1.29 is 9.90 Å². The van der Waals surface area contributed by atoms with Crippen LogP contribution in [0.1, 0.15) is 31.7 Å². The Bertz CT molecular complexity index is 430. The van der Waals surface area contributed by atoms with Gasteiger partial charge in [0.2, 0.25) is 5.91 Å². The lowest BCUT2D eigenvalue weighted by molar-refractivity contribution is -0.123. The van der Waals surface area contributed by atoms with Crippen LogP contribution in [-0.2, 0) is 11.2 Å². The van der Waals surface area contributed by atoms with Crippen LogP contribution < -0.4 is 11.1 Å². The highest BCUT2D eigenvalue weighted by Crippen LogP contribution is 2.24. The summed E-state index contributed by atoms with van der Waals surface area (Å²) in [4.78, 5) is 12.0. The van der Waals surface area contributed by atoms with Gasteiger partial charge in [0.1, 0.15) is 5.75 Å². The first-order valence-electron chi connectivity index (χ1n) is 6.88. The molecule has 4 N–H and O–H groups in total. The number of hydrogen-bond acceptors (Lipinski definition) is 3. The molecule has 104 valence electrons. The van der Waals surface area contributed by atoms with Gasteiger partial charge >= 0.3 is 0 Å².